The Labute approximate surface area is 373 Å². The summed E-state index contributed by atoms with van der Waals surface area (Å²) < 4.78 is 20.6. The summed E-state index contributed by atoms with van der Waals surface area (Å²) in [7, 11) is 1.70. The van der Waals surface area contributed by atoms with E-state index >= 15 is 0 Å². The Morgan fingerprint density at radius 2 is 1.88 bits per heavy atom. The van der Waals surface area contributed by atoms with Crippen LogP contribution in [0.25, 0.3) is 44.6 Å². The van der Waals surface area contributed by atoms with E-state index in [0.717, 1.165) is 27.4 Å². The number of aliphatic hydroxyl groups is 2. The van der Waals surface area contributed by atoms with Gasteiger partial charge in [-0.25, -0.2) is 24.2 Å². The molecule has 3 aliphatic heterocycles. The summed E-state index contributed by atoms with van der Waals surface area (Å²) >= 11 is 0. The zero-order chi connectivity index (χ0) is 45.9. The van der Waals surface area contributed by atoms with Gasteiger partial charge in [0.05, 0.1) is 41.4 Å². The number of carbonyl (C=O) groups is 2. The van der Waals surface area contributed by atoms with E-state index in [1.165, 1.54) is 10.6 Å². The SMILES string of the molecule is CCc1c2c(nc3ccc(OCC(=O)N(C)CCOCCn4ccc5cc(-n6c(-c7cc(C(C)C)c(O)cc7O)n[nH]c6=O)ccc54)cc13)C1=CC3=C(COC(=O)C3(O)CC)C(O)N1C2. The van der Waals surface area contributed by atoms with Gasteiger partial charge in [-0.1, -0.05) is 27.7 Å². The van der Waals surface area contributed by atoms with Crippen molar-refractivity contribution in [1.29, 1.82) is 0 Å². The minimum absolute atomic E-state index is 0.0257. The third-order valence-corrected chi connectivity index (χ3v) is 12.8. The summed E-state index contributed by atoms with van der Waals surface area (Å²) in [5.41, 5.74) is 4.96. The Hall–Kier alpha value is -6.95. The van der Waals surface area contributed by atoms with Crippen molar-refractivity contribution in [2.45, 2.75) is 71.4 Å². The molecular weight excluding hydrogens is 835 g/mol. The molecule has 17 nitrogen and oxygen atoms in total. The van der Waals surface area contributed by atoms with Gasteiger partial charge in [0.2, 0.25) is 0 Å². The number of rotatable bonds is 14. The van der Waals surface area contributed by atoms with Crippen molar-refractivity contribution in [2.24, 2.45) is 0 Å². The van der Waals surface area contributed by atoms with E-state index in [0.29, 0.717) is 89.9 Å². The van der Waals surface area contributed by atoms with Crippen LogP contribution in [-0.2, 0) is 38.6 Å². The number of nitrogens with one attached hydrogen (secondary N) is 1. The zero-order valence-electron chi connectivity index (χ0n) is 36.8. The average molecular weight is 886 g/mol. The zero-order valence-corrected chi connectivity index (χ0v) is 36.8. The van der Waals surface area contributed by atoms with Crippen LogP contribution in [-0.4, -0.2) is 118 Å². The second-order valence-electron chi connectivity index (χ2n) is 16.9. The van der Waals surface area contributed by atoms with Crippen molar-refractivity contribution in [2.75, 3.05) is 40.0 Å². The Kier molecular flexibility index (Phi) is 11.2. The van der Waals surface area contributed by atoms with Gasteiger partial charge in [-0.3, -0.25) is 4.79 Å². The van der Waals surface area contributed by atoms with Crippen LogP contribution in [0.3, 0.4) is 0 Å². The van der Waals surface area contributed by atoms with Gasteiger partial charge in [-0.05, 0) is 84.5 Å². The minimum atomic E-state index is -1.85. The molecule has 1 amide bonds. The Bertz CT molecular complexity index is 3020. The van der Waals surface area contributed by atoms with Crippen LogP contribution in [0.1, 0.15) is 62.4 Å². The molecule has 3 aromatic carbocycles. The number of aryl methyl sites for hydroxylation is 1. The Morgan fingerprint density at radius 1 is 1.06 bits per heavy atom. The van der Waals surface area contributed by atoms with Gasteiger partial charge in [0, 0.05) is 71.9 Å². The number of carbonyl (C=O) groups excluding carboxylic acids is 2. The fourth-order valence-corrected chi connectivity index (χ4v) is 9.11. The third-order valence-electron chi connectivity index (χ3n) is 12.8. The Balaban J connectivity index is 0.799. The van der Waals surface area contributed by atoms with Crippen LogP contribution in [0.5, 0.6) is 17.2 Å². The van der Waals surface area contributed by atoms with Gasteiger partial charge in [-0.15, -0.1) is 0 Å². The first-order valence-electron chi connectivity index (χ1n) is 21.7. The number of hydrogen-bond acceptors (Lipinski definition) is 13. The second-order valence-corrected chi connectivity index (χ2v) is 16.9. The Morgan fingerprint density at radius 3 is 2.65 bits per heavy atom. The number of pyridine rings is 1. The molecular formula is C48H51N7O10. The molecule has 65 heavy (non-hydrogen) atoms. The monoisotopic (exact) mass is 885 g/mol. The normalized spacial score (nSPS) is 18.0. The van der Waals surface area contributed by atoms with E-state index < -0.39 is 23.5 Å². The smallest absolute Gasteiger partial charge is 0.348 e. The van der Waals surface area contributed by atoms with Crippen LogP contribution in [0.2, 0.25) is 0 Å². The number of fused-ring (bicyclic) bond motifs is 5. The van der Waals surface area contributed by atoms with Gasteiger partial charge >= 0.3 is 11.7 Å². The van der Waals surface area contributed by atoms with E-state index in [-0.39, 0.29) is 48.8 Å². The molecule has 338 valence electrons. The van der Waals surface area contributed by atoms with Crippen molar-refractivity contribution in [3.63, 3.8) is 0 Å². The molecule has 0 saturated carbocycles. The third kappa shape index (κ3) is 7.48. The van der Waals surface area contributed by atoms with Gasteiger partial charge < -0.3 is 49.0 Å². The number of amides is 1. The van der Waals surface area contributed by atoms with Crippen LogP contribution in [0.4, 0.5) is 0 Å². The van der Waals surface area contributed by atoms with Gasteiger partial charge in [0.1, 0.15) is 23.9 Å². The van der Waals surface area contributed by atoms with Crippen LogP contribution in [0, 0.1) is 0 Å². The lowest BCUT2D eigenvalue weighted by Gasteiger charge is -2.40. The summed E-state index contributed by atoms with van der Waals surface area (Å²) in [6.07, 6.45) is 3.39. The van der Waals surface area contributed by atoms with Crippen LogP contribution >= 0.6 is 0 Å². The highest BCUT2D eigenvalue weighted by Crippen LogP contribution is 2.46. The van der Waals surface area contributed by atoms with Gasteiger partial charge in [0.15, 0.2) is 24.3 Å². The number of ether oxygens (including phenoxy) is 3. The highest BCUT2D eigenvalue weighted by molar-refractivity contribution is 5.92. The number of benzene rings is 3. The summed E-state index contributed by atoms with van der Waals surface area (Å²) in [6, 6.07) is 15.9. The molecule has 0 saturated heterocycles. The van der Waals surface area contributed by atoms with Crippen LogP contribution in [0.15, 0.2) is 82.8 Å². The molecule has 0 fully saturated rings. The highest BCUT2D eigenvalue weighted by atomic mass is 16.6. The predicted molar refractivity (Wildman–Crippen MR) is 240 cm³/mol. The number of hydrogen-bond donors (Lipinski definition) is 5. The van der Waals surface area contributed by atoms with E-state index in [9.17, 15) is 34.8 Å². The number of aliphatic hydroxyl groups excluding tert-OH is 1. The molecule has 0 bridgehead atoms. The number of H-pyrrole nitrogens is 1. The van der Waals surface area contributed by atoms with Crippen molar-refractivity contribution < 1.29 is 44.2 Å². The first-order valence-corrected chi connectivity index (χ1v) is 21.7. The predicted octanol–water partition coefficient (Wildman–Crippen LogP) is 4.86. The first kappa shape index (κ1) is 43.3. The molecule has 3 aromatic heterocycles. The fourth-order valence-electron chi connectivity index (χ4n) is 9.11. The lowest BCUT2D eigenvalue weighted by Crippen LogP contribution is -2.50. The molecule has 0 radical (unpaired) electrons. The minimum Gasteiger partial charge on any atom is -0.508 e. The van der Waals surface area contributed by atoms with E-state index in [1.807, 2.05) is 66.8 Å². The molecule has 2 unspecified atom stereocenters. The second kappa shape index (κ2) is 16.9. The molecule has 9 rings (SSSR count). The number of aromatic hydroxyl groups is 2. The molecule has 0 aliphatic carbocycles. The molecule has 0 spiro atoms. The lowest BCUT2D eigenvalue weighted by molar-refractivity contribution is -0.164. The summed E-state index contributed by atoms with van der Waals surface area (Å²) in [6.45, 7) is 9.32. The summed E-state index contributed by atoms with van der Waals surface area (Å²) in [5, 5.41) is 52.2. The molecule has 5 N–H and O–H groups in total. The van der Waals surface area contributed by atoms with E-state index in [4.69, 9.17) is 19.2 Å². The topological polar surface area (TPSA) is 218 Å². The summed E-state index contributed by atoms with van der Waals surface area (Å²) in [4.78, 5) is 47.1. The lowest BCUT2D eigenvalue weighted by atomic mass is 9.82. The quantitative estimate of drug-likeness (QED) is 0.0730. The fraction of sp³-hybridized carbons (Fsp3) is 0.354. The molecule has 6 heterocycles. The molecule has 17 heteroatoms. The molecule has 6 aromatic rings. The molecule has 3 aliphatic rings. The number of likely N-dealkylation sites (N-methyl/N-ethyl adjacent to an activating group) is 1. The van der Waals surface area contributed by atoms with Crippen LogP contribution < -0.4 is 10.4 Å². The number of phenolic OH excluding ortho intramolecular Hbond substituents is 2. The largest absolute Gasteiger partial charge is 0.508 e. The highest BCUT2D eigenvalue weighted by Gasteiger charge is 2.49. The van der Waals surface area contributed by atoms with E-state index in [2.05, 4.69) is 10.2 Å². The number of nitrogens with zero attached hydrogens (tertiary/aromatic N) is 6. The van der Waals surface area contributed by atoms with Crippen molar-refractivity contribution in [3.8, 4) is 34.3 Å². The van der Waals surface area contributed by atoms with Crippen molar-refractivity contribution >= 4 is 39.4 Å². The maximum absolute atomic E-state index is 13.1. The average Bonchev–Trinajstić information content (AvgIpc) is 4.00. The van der Waals surface area contributed by atoms with Gasteiger partial charge in [-0.2, -0.15) is 5.10 Å². The standard InChI is InChI=1S/C48H51N7O10/c1-6-30-32-19-29(9-10-37(32)49-43-34(30)23-54-39(43)21-36-35(45(54)59)24-65-46(60)48(36,62)7-2)64-25-42(58)52(5)14-16-63-17-15-53-13-12-27-18-28(8-11-38(27)53)55-44(50-51-47(55)61)33-20-31(26(3)4)40(56)22-41(33)57/h8-13,18-22,26,45,56-57,59,62H,6-7,14-17,23-25H2,1-5H3,(H,51,61). The number of esters is 1. The van der Waals surface area contributed by atoms with Gasteiger partial charge in [0.25, 0.3) is 5.91 Å². The maximum atomic E-state index is 13.1. The number of aromatic nitrogens is 5. The first-order chi connectivity index (χ1) is 31.2. The number of phenols is 2. The number of aromatic amines is 1. The number of cyclic esters (lactones) is 1. The van der Waals surface area contributed by atoms with Crippen molar-refractivity contribution in [3.05, 3.63) is 111 Å². The maximum Gasteiger partial charge on any atom is 0.348 e. The van der Waals surface area contributed by atoms with Crippen molar-refractivity contribution in [1.82, 2.24) is 34.1 Å². The summed E-state index contributed by atoms with van der Waals surface area (Å²) in [5.74, 6) is -0.456. The van der Waals surface area contributed by atoms with E-state index in [1.54, 1.807) is 43.1 Å². The molecule has 2 atom stereocenters.